The molecule has 0 bridgehead atoms. The number of amidine groups is 1. The Morgan fingerprint density at radius 3 is 2.57 bits per heavy atom. The fraction of sp³-hybridized carbons (Fsp3) is 0.118. The van der Waals surface area contributed by atoms with Crippen LogP contribution in [0.1, 0.15) is 17.2 Å². The van der Waals surface area contributed by atoms with Crippen LogP contribution in [0, 0.1) is 5.82 Å². The molecule has 2 nitrogen and oxygen atoms in total. The molecule has 0 aliphatic carbocycles. The third-order valence-electron chi connectivity index (χ3n) is 3.81. The van der Waals surface area contributed by atoms with Crippen molar-refractivity contribution >= 4 is 34.6 Å². The van der Waals surface area contributed by atoms with Crippen molar-refractivity contribution in [1.82, 2.24) is 0 Å². The van der Waals surface area contributed by atoms with E-state index in [0.29, 0.717) is 0 Å². The van der Waals surface area contributed by atoms with Gasteiger partial charge in [-0.1, -0.05) is 30.3 Å². The lowest BCUT2D eigenvalue weighted by molar-refractivity contribution is 0.625. The summed E-state index contributed by atoms with van der Waals surface area (Å²) in [7, 11) is 0. The molecule has 2 heterocycles. The largest absolute Gasteiger partial charge is 0.324 e. The van der Waals surface area contributed by atoms with Gasteiger partial charge in [0.1, 0.15) is 11.7 Å². The van der Waals surface area contributed by atoms with Gasteiger partial charge in [0.05, 0.1) is 12.6 Å². The number of rotatable bonds is 1. The smallest absolute Gasteiger partial charge is 0.128 e. The highest BCUT2D eigenvalue weighted by Gasteiger charge is 2.28. The molecule has 0 spiro atoms. The molecule has 2 aliphatic rings. The van der Waals surface area contributed by atoms with Gasteiger partial charge in [-0.2, -0.15) is 0 Å². The first-order valence-electron chi connectivity index (χ1n) is 6.69. The van der Waals surface area contributed by atoms with Crippen LogP contribution >= 0.6 is 17.0 Å². The lowest BCUT2D eigenvalue weighted by Gasteiger charge is -2.24. The molecule has 106 valence electrons. The highest BCUT2D eigenvalue weighted by Crippen LogP contribution is 2.34. The Hall–Kier alpha value is -1.94. The first-order valence-corrected chi connectivity index (χ1v) is 6.69. The van der Waals surface area contributed by atoms with Crippen molar-refractivity contribution in [3.63, 3.8) is 0 Å². The molecule has 2 aromatic rings. The zero-order chi connectivity index (χ0) is 13.5. The predicted molar refractivity (Wildman–Crippen MR) is 89.7 cm³/mol. The summed E-state index contributed by atoms with van der Waals surface area (Å²) in [5.41, 5.74) is 3.46. The Labute approximate surface area is 133 Å². The molecular weight excluding hydrogens is 331 g/mol. The molecule has 2 aliphatic heterocycles. The van der Waals surface area contributed by atoms with Crippen molar-refractivity contribution in [2.75, 3.05) is 11.4 Å². The van der Waals surface area contributed by atoms with E-state index in [1.807, 2.05) is 30.3 Å². The Morgan fingerprint density at radius 2 is 1.76 bits per heavy atom. The molecule has 1 unspecified atom stereocenters. The lowest BCUT2D eigenvalue weighted by atomic mass is 10.1. The van der Waals surface area contributed by atoms with E-state index in [4.69, 9.17) is 4.99 Å². The molecule has 4 rings (SSSR count). The van der Waals surface area contributed by atoms with E-state index in [0.717, 1.165) is 17.9 Å². The van der Waals surface area contributed by atoms with Gasteiger partial charge in [-0.05, 0) is 41.5 Å². The number of hydrogen-bond donors (Lipinski definition) is 0. The topological polar surface area (TPSA) is 15.6 Å². The minimum atomic E-state index is -0.206. The van der Waals surface area contributed by atoms with E-state index < -0.39 is 0 Å². The summed E-state index contributed by atoms with van der Waals surface area (Å²) in [4.78, 5) is 6.97. The Kier molecular flexibility index (Phi) is 3.64. The second-order valence-corrected chi connectivity index (χ2v) is 5.06. The third kappa shape index (κ3) is 2.40. The quantitative estimate of drug-likeness (QED) is 0.749. The molecule has 0 radical (unpaired) electrons. The van der Waals surface area contributed by atoms with Crippen LogP contribution in [0.3, 0.4) is 0 Å². The number of aliphatic imine (C=N–C) groups is 1. The Bertz CT molecular complexity index is 722. The normalized spacial score (nSPS) is 18.6. The van der Waals surface area contributed by atoms with Gasteiger partial charge in [0.25, 0.3) is 0 Å². The maximum Gasteiger partial charge on any atom is 0.128 e. The minimum absolute atomic E-state index is 0. The van der Waals surface area contributed by atoms with Gasteiger partial charge in [-0.15, -0.1) is 17.0 Å². The summed E-state index contributed by atoms with van der Waals surface area (Å²) in [6.45, 7) is 0.808. The molecule has 0 fully saturated rings. The van der Waals surface area contributed by atoms with Crippen LogP contribution in [-0.2, 0) is 0 Å². The monoisotopic (exact) mass is 344 g/mol. The first-order chi connectivity index (χ1) is 9.81. The summed E-state index contributed by atoms with van der Waals surface area (Å²) in [6.07, 6.45) is 4.14. The molecule has 0 N–H and O–H groups in total. The number of benzene rings is 2. The highest BCUT2D eigenvalue weighted by atomic mass is 79.9. The van der Waals surface area contributed by atoms with E-state index in [2.05, 4.69) is 23.1 Å². The first kappa shape index (κ1) is 14.0. The van der Waals surface area contributed by atoms with E-state index >= 15 is 0 Å². The van der Waals surface area contributed by atoms with Crippen LogP contribution in [0.25, 0.3) is 6.08 Å². The number of fused-ring (bicyclic) bond motifs is 3. The molecule has 0 aromatic heterocycles. The van der Waals surface area contributed by atoms with Gasteiger partial charge in [-0.25, -0.2) is 4.39 Å². The molecular formula is C17H14BrFN2. The molecule has 21 heavy (non-hydrogen) atoms. The van der Waals surface area contributed by atoms with Crippen molar-refractivity contribution in [2.45, 2.75) is 6.04 Å². The molecule has 1 atom stereocenters. The molecule has 0 saturated heterocycles. The highest BCUT2D eigenvalue weighted by molar-refractivity contribution is 8.93. The second-order valence-electron chi connectivity index (χ2n) is 5.06. The zero-order valence-corrected chi connectivity index (χ0v) is 13.0. The maximum atomic E-state index is 13.0. The average Bonchev–Trinajstić information content (AvgIpc) is 2.92. The van der Waals surface area contributed by atoms with Crippen molar-refractivity contribution < 1.29 is 4.39 Å². The summed E-state index contributed by atoms with van der Waals surface area (Å²) >= 11 is 0. The fourth-order valence-corrected chi connectivity index (χ4v) is 2.79. The SMILES string of the molecule is Br.Fc1ccc(C2CN3C(=N2)C=Cc2ccccc23)cc1. The van der Waals surface area contributed by atoms with Crippen molar-refractivity contribution in [3.8, 4) is 0 Å². The van der Waals surface area contributed by atoms with Crippen LogP contribution in [0.5, 0.6) is 0 Å². The number of nitrogens with zero attached hydrogens (tertiary/aromatic N) is 2. The number of hydrogen-bond acceptors (Lipinski definition) is 2. The Morgan fingerprint density at radius 1 is 1.00 bits per heavy atom. The molecule has 4 heteroatoms. The molecule has 0 amide bonds. The van der Waals surface area contributed by atoms with Crippen molar-refractivity contribution in [3.05, 3.63) is 71.6 Å². The van der Waals surface area contributed by atoms with E-state index in [1.165, 1.54) is 23.4 Å². The van der Waals surface area contributed by atoms with Gasteiger partial charge in [0.2, 0.25) is 0 Å². The zero-order valence-electron chi connectivity index (χ0n) is 11.2. The van der Waals surface area contributed by atoms with Gasteiger partial charge in [0, 0.05) is 5.69 Å². The van der Waals surface area contributed by atoms with E-state index in [1.54, 1.807) is 0 Å². The second kappa shape index (κ2) is 5.45. The van der Waals surface area contributed by atoms with Gasteiger partial charge in [-0.3, -0.25) is 4.99 Å². The van der Waals surface area contributed by atoms with E-state index in [-0.39, 0.29) is 28.8 Å². The summed E-state index contributed by atoms with van der Waals surface area (Å²) in [5, 5.41) is 0. The van der Waals surface area contributed by atoms with Crippen LogP contribution < -0.4 is 4.90 Å². The third-order valence-corrected chi connectivity index (χ3v) is 3.81. The van der Waals surface area contributed by atoms with Crippen LogP contribution in [0.15, 0.2) is 59.6 Å². The van der Waals surface area contributed by atoms with Gasteiger partial charge in [0.15, 0.2) is 0 Å². The van der Waals surface area contributed by atoms with Crippen LogP contribution in [0.2, 0.25) is 0 Å². The fourth-order valence-electron chi connectivity index (χ4n) is 2.79. The number of para-hydroxylation sites is 1. The van der Waals surface area contributed by atoms with E-state index in [9.17, 15) is 4.39 Å². The number of halogens is 2. The summed E-state index contributed by atoms with van der Waals surface area (Å²) < 4.78 is 13.0. The Balaban J connectivity index is 0.00000132. The predicted octanol–water partition coefficient (Wildman–Crippen LogP) is 4.39. The summed E-state index contributed by atoms with van der Waals surface area (Å²) in [5.74, 6) is 0.778. The summed E-state index contributed by atoms with van der Waals surface area (Å²) in [6, 6.07) is 15.0. The maximum absolute atomic E-state index is 13.0. The van der Waals surface area contributed by atoms with Crippen molar-refractivity contribution in [1.29, 1.82) is 0 Å². The minimum Gasteiger partial charge on any atom is -0.324 e. The number of anilines is 1. The van der Waals surface area contributed by atoms with Crippen LogP contribution in [-0.4, -0.2) is 12.4 Å². The standard InChI is InChI=1S/C17H13FN2.BrH/c18-14-8-5-12(6-9-14)15-11-20-16-4-2-1-3-13(16)7-10-17(20)19-15;/h1-10,15H,11H2;1H. The lowest BCUT2D eigenvalue weighted by Crippen LogP contribution is -2.28. The molecule has 2 aromatic carbocycles. The van der Waals surface area contributed by atoms with Gasteiger partial charge >= 0.3 is 0 Å². The molecule has 0 saturated carbocycles. The average molecular weight is 345 g/mol. The van der Waals surface area contributed by atoms with Crippen LogP contribution in [0.4, 0.5) is 10.1 Å². The van der Waals surface area contributed by atoms with Gasteiger partial charge < -0.3 is 4.90 Å². The van der Waals surface area contributed by atoms with Crippen molar-refractivity contribution in [2.24, 2.45) is 4.99 Å².